The number of nitrogens with zero attached hydrogens (tertiary/aromatic N) is 1. The van der Waals surface area contributed by atoms with E-state index in [2.05, 4.69) is 0 Å². The van der Waals surface area contributed by atoms with Crippen LogP contribution in [-0.2, 0) is 21.2 Å². The Morgan fingerprint density at radius 1 is 1.31 bits per heavy atom. The SMILES string of the molecule is O=C(COc1ccc(Cl)cc1Cl)N(Cc1cccs1)[C@@H]1CCS(=O)(=O)C1. The van der Waals surface area contributed by atoms with Gasteiger partial charge in [0.05, 0.1) is 23.1 Å². The second-order valence-electron chi connectivity index (χ2n) is 6.02. The molecule has 9 heteroatoms. The Labute approximate surface area is 166 Å². The van der Waals surface area contributed by atoms with Gasteiger partial charge in [-0.25, -0.2) is 8.42 Å². The molecule has 1 aliphatic rings. The highest BCUT2D eigenvalue weighted by Crippen LogP contribution is 2.28. The molecule has 0 bridgehead atoms. The summed E-state index contributed by atoms with van der Waals surface area (Å²) in [6, 6.07) is 8.25. The monoisotopic (exact) mass is 433 g/mol. The number of halogens is 2. The molecule has 0 N–H and O–H groups in total. The zero-order valence-corrected chi connectivity index (χ0v) is 16.9. The largest absolute Gasteiger partial charge is 0.482 e. The van der Waals surface area contributed by atoms with E-state index in [9.17, 15) is 13.2 Å². The van der Waals surface area contributed by atoms with E-state index in [1.54, 1.807) is 17.0 Å². The Bertz CT molecular complexity index is 884. The number of ether oxygens (including phenoxy) is 1. The Balaban J connectivity index is 1.71. The minimum Gasteiger partial charge on any atom is -0.482 e. The third-order valence-corrected chi connectivity index (χ3v) is 7.26. The van der Waals surface area contributed by atoms with E-state index in [-0.39, 0.29) is 30.1 Å². The van der Waals surface area contributed by atoms with Gasteiger partial charge in [0.15, 0.2) is 16.4 Å². The predicted octanol–water partition coefficient (Wildman–Crippen LogP) is 3.65. The first-order valence-corrected chi connectivity index (χ1v) is 11.4. The van der Waals surface area contributed by atoms with E-state index in [1.807, 2.05) is 17.5 Å². The number of carbonyl (C=O) groups is 1. The zero-order valence-electron chi connectivity index (χ0n) is 13.7. The number of carbonyl (C=O) groups excluding carboxylic acids is 1. The maximum absolute atomic E-state index is 12.8. The molecule has 1 aliphatic heterocycles. The molecule has 1 atom stereocenters. The van der Waals surface area contributed by atoms with Crippen molar-refractivity contribution in [3.8, 4) is 5.75 Å². The molecule has 2 heterocycles. The quantitative estimate of drug-likeness (QED) is 0.697. The van der Waals surface area contributed by atoms with Crippen LogP contribution in [0.5, 0.6) is 5.75 Å². The molecule has 1 aromatic heterocycles. The fourth-order valence-electron chi connectivity index (χ4n) is 2.83. The summed E-state index contributed by atoms with van der Waals surface area (Å²) < 4.78 is 29.2. The van der Waals surface area contributed by atoms with E-state index < -0.39 is 9.84 Å². The second-order valence-corrected chi connectivity index (χ2v) is 10.1. The van der Waals surface area contributed by atoms with Crippen molar-refractivity contribution < 1.29 is 17.9 Å². The topological polar surface area (TPSA) is 63.7 Å². The Kier molecular flexibility index (Phi) is 6.12. The van der Waals surface area contributed by atoms with Gasteiger partial charge < -0.3 is 9.64 Å². The maximum atomic E-state index is 12.8. The van der Waals surface area contributed by atoms with Crippen LogP contribution in [-0.4, -0.2) is 43.4 Å². The van der Waals surface area contributed by atoms with Crippen LogP contribution in [0.15, 0.2) is 35.7 Å². The van der Waals surface area contributed by atoms with Crippen molar-refractivity contribution in [2.24, 2.45) is 0 Å². The zero-order chi connectivity index (χ0) is 18.7. The van der Waals surface area contributed by atoms with Gasteiger partial charge in [-0.3, -0.25) is 4.79 Å². The van der Waals surface area contributed by atoms with E-state index >= 15 is 0 Å². The van der Waals surface area contributed by atoms with Crippen molar-refractivity contribution in [2.75, 3.05) is 18.1 Å². The summed E-state index contributed by atoms with van der Waals surface area (Å²) in [4.78, 5) is 15.4. The molecule has 0 radical (unpaired) electrons. The number of thiophene rings is 1. The number of amides is 1. The van der Waals surface area contributed by atoms with Crippen LogP contribution in [0.3, 0.4) is 0 Å². The van der Waals surface area contributed by atoms with Gasteiger partial charge in [0.25, 0.3) is 5.91 Å². The number of benzene rings is 1. The summed E-state index contributed by atoms with van der Waals surface area (Å²) in [5.74, 6) is 0.188. The molecule has 1 fully saturated rings. The third kappa shape index (κ3) is 4.91. The summed E-state index contributed by atoms with van der Waals surface area (Å²) in [6.45, 7) is 0.150. The summed E-state index contributed by atoms with van der Waals surface area (Å²) in [7, 11) is -3.10. The van der Waals surface area contributed by atoms with Crippen molar-refractivity contribution in [3.05, 3.63) is 50.6 Å². The minimum absolute atomic E-state index is 0.00812. The molecule has 140 valence electrons. The fraction of sp³-hybridized carbons (Fsp3) is 0.353. The first-order valence-electron chi connectivity index (χ1n) is 7.94. The molecular formula is C17H17Cl2NO4S2. The van der Waals surface area contributed by atoms with E-state index in [4.69, 9.17) is 27.9 Å². The lowest BCUT2D eigenvalue weighted by Crippen LogP contribution is -2.42. The fourth-order valence-corrected chi connectivity index (χ4v) is 5.72. The molecule has 3 rings (SSSR count). The molecule has 1 saturated heterocycles. The Hall–Kier alpha value is -1.28. The normalized spacial score (nSPS) is 18.6. The molecule has 0 saturated carbocycles. The highest BCUT2D eigenvalue weighted by Gasteiger charge is 2.35. The average Bonchev–Trinajstić information content (AvgIpc) is 3.20. The van der Waals surface area contributed by atoms with Gasteiger partial charge in [0.1, 0.15) is 5.75 Å². The van der Waals surface area contributed by atoms with E-state index in [1.165, 1.54) is 17.4 Å². The average molecular weight is 434 g/mol. The smallest absolute Gasteiger partial charge is 0.261 e. The number of hydrogen-bond acceptors (Lipinski definition) is 5. The summed E-state index contributed by atoms with van der Waals surface area (Å²) >= 11 is 13.4. The van der Waals surface area contributed by atoms with Crippen LogP contribution in [0.4, 0.5) is 0 Å². The van der Waals surface area contributed by atoms with Crippen LogP contribution in [0.2, 0.25) is 10.0 Å². The van der Waals surface area contributed by atoms with E-state index in [0.717, 1.165) is 4.88 Å². The van der Waals surface area contributed by atoms with Crippen LogP contribution < -0.4 is 4.74 Å². The Morgan fingerprint density at radius 3 is 2.73 bits per heavy atom. The lowest BCUT2D eigenvalue weighted by molar-refractivity contribution is -0.135. The van der Waals surface area contributed by atoms with Gasteiger partial charge in [0, 0.05) is 15.9 Å². The molecule has 1 amide bonds. The standard InChI is InChI=1S/C17H17Cl2NO4S2/c18-12-3-4-16(15(19)8-12)24-10-17(21)20(9-14-2-1-6-25-14)13-5-7-26(22,23)11-13/h1-4,6,8,13H,5,7,9-11H2/t13-/m1/s1. The lowest BCUT2D eigenvalue weighted by Gasteiger charge is -2.28. The lowest BCUT2D eigenvalue weighted by atomic mass is 10.2. The molecular weight excluding hydrogens is 417 g/mol. The third-order valence-electron chi connectivity index (χ3n) is 4.12. The van der Waals surface area contributed by atoms with Crippen LogP contribution in [0.1, 0.15) is 11.3 Å². The van der Waals surface area contributed by atoms with Crippen molar-refractivity contribution in [2.45, 2.75) is 19.0 Å². The second kappa shape index (κ2) is 8.17. The summed E-state index contributed by atoms with van der Waals surface area (Å²) in [5, 5.41) is 2.72. The van der Waals surface area contributed by atoms with Crippen molar-refractivity contribution in [1.82, 2.24) is 4.90 Å². The maximum Gasteiger partial charge on any atom is 0.261 e. The summed E-state index contributed by atoms with van der Waals surface area (Å²) in [6.07, 6.45) is 0.446. The van der Waals surface area contributed by atoms with Crippen molar-refractivity contribution >= 4 is 50.3 Å². The van der Waals surface area contributed by atoms with Gasteiger partial charge in [-0.05, 0) is 36.1 Å². The molecule has 0 spiro atoms. The first-order chi connectivity index (χ1) is 12.3. The van der Waals surface area contributed by atoms with Gasteiger partial charge in [-0.1, -0.05) is 29.3 Å². The van der Waals surface area contributed by atoms with Gasteiger partial charge >= 0.3 is 0 Å². The van der Waals surface area contributed by atoms with Crippen LogP contribution >= 0.6 is 34.5 Å². The molecule has 0 aliphatic carbocycles. The van der Waals surface area contributed by atoms with Gasteiger partial charge in [-0.15, -0.1) is 11.3 Å². The molecule has 2 aromatic rings. The highest BCUT2D eigenvalue weighted by atomic mass is 35.5. The summed E-state index contributed by atoms with van der Waals surface area (Å²) in [5.41, 5.74) is 0. The molecule has 26 heavy (non-hydrogen) atoms. The number of sulfone groups is 1. The van der Waals surface area contributed by atoms with Gasteiger partial charge in [-0.2, -0.15) is 0 Å². The Morgan fingerprint density at radius 2 is 2.12 bits per heavy atom. The van der Waals surface area contributed by atoms with Crippen LogP contribution in [0.25, 0.3) is 0 Å². The number of rotatable bonds is 6. The minimum atomic E-state index is -3.10. The van der Waals surface area contributed by atoms with Crippen molar-refractivity contribution in [3.63, 3.8) is 0 Å². The first kappa shape index (κ1) is 19.5. The van der Waals surface area contributed by atoms with Crippen molar-refractivity contribution in [1.29, 1.82) is 0 Å². The van der Waals surface area contributed by atoms with Crippen LogP contribution in [0, 0.1) is 0 Å². The van der Waals surface area contributed by atoms with Gasteiger partial charge in [0.2, 0.25) is 0 Å². The highest BCUT2D eigenvalue weighted by molar-refractivity contribution is 7.91. The molecule has 1 aromatic carbocycles. The predicted molar refractivity (Wildman–Crippen MR) is 104 cm³/mol. The molecule has 5 nitrogen and oxygen atoms in total. The number of hydrogen-bond donors (Lipinski definition) is 0. The van der Waals surface area contributed by atoms with E-state index in [0.29, 0.717) is 28.8 Å². The molecule has 0 unspecified atom stereocenters.